The number of nitrogens with two attached hydrogens (primary N) is 1. The predicted molar refractivity (Wildman–Crippen MR) is 67.3 cm³/mol. The summed E-state index contributed by atoms with van der Waals surface area (Å²) in [7, 11) is 0. The maximum absolute atomic E-state index is 5.67. The molecular weight excluding hydrogens is 218 g/mol. The molecule has 3 rings (SSSR count). The Kier molecular flexibility index (Phi) is 2.08. The lowest BCUT2D eigenvalue weighted by molar-refractivity contribution is 1.18. The summed E-state index contributed by atoms with van der Waals surface area (Å²) in [5.41, 5.74) is 7.66. The van der Waals surface area contributed by atoms with Crippen LogP contribution in [0.25, 0.3) is 21.3 Å². The standard InChI is InChI=1S/C12H9N3S/c13-11-6-10(14-7-15-11)9-3-1-2-8-4-5-16-12(8)9/h1-7H,(H2,13,14,15). The minimum atomic E-state index is 0.499. The Labute approximate surface area is 96.6 Å². The maximum Gasteiger partial charge on any atom is 0.127 e. The highest BCUT2D eigenvalue weighted by Gasteiger charge is 2.06. The van der Waals surface area contributed by atoms with Gasteiger partial charge in [-0.1, -0.05) is 18.2 Å². The summed E-state index contributed by atoms with van der Waals surface area (Å²) in [6.45, 7) is 0. The van der Waals surface area contributed by atoms with Gasteiger partial charge < -0.3 is 5.73 Å². The molecule has 1 aromatic carbocycles. The zero-order valence-corrected chi connectivity index (χ0v) is 9.24. The molecule has 0 atom stereocenters. The van der Waals surface area contributed by atoms with Crippen LogP contribution in [0.3, 0.4) is 0 Å². The third-order valence-corrected chi connectivity index (χ3v) is 3.41. The topological polar surface area (TPSA) is 51.8 Å². The summed E-state index contributed by atoms with van der Waals surface area (Å²) in [5.74, 6) is 0.499. The van der Waals surface area contributed by atoms with E-state index in [0.717, 1.165) is 11.3 Å². The second kappa shape index (κ2) is 3.57. The Balaban J connectivity index is 2.29. The lowest BCUT2D eigenvalue weighted by atomic mass is 10.1. The normalized spacial score (nSPS) is 10.8. The minimum absolute atomic E-state index is 0.499. The maximum atomic E-state index is 5.67. The van der Waals surface area contributed by atoms with Gasteiger partial charge in [0.2, 0.25) is 0 Å². The number of hydrogen-bond donors (Lipinski definition) is 1. The van der Waals surface area contributed by atoms with Crippen LogP contribution in [0.1, 0.15) is 0 Å². The molecule has 0 aliphatic rings. The number of hydrogen-bond acceptors (Lipinski definition) is 4. The molecule has 3 nitrogen and oxygen atoms in total. The summed E-state index contributed by atoms with van der Waals surface area (Å²) in [6.07, 6.45) is 1.50. The highest BCUT2D eigenvalue weighted by atomic mass is 32.1. The molecule has 2 heterocycles. The van der Waals surface area contributed by atoms with Gasteiger partial charge in [0.05, 0.1) is 5.69 Å². The van der Waals surface area contributed by atoms with Crippen LogP contribution in [0, 0.1) is 0 Å². The fraction of sp³-hybridized carbons (Fsp3) is 0. The Morgan fingerprint density at radius 1 is 1.12 bits per heavy atom. The van der Waals surface area contributed by atoms with Gasteiger partial charge in [-0.15, -0.1) is 11.3 Å². The fourth-order valence-electron chi connectivity index (χ4n) is 1.71. The van der Waals surface area contributed by atoms with Crippen LogP contribution in [0.4, 0.5) is 5.82 Å². The lowest BCUT2D eigenvalue weighted by Crippen LogP contribution is -1.92. The van der Waals surface area contributed by atoms with E-state index in [1.165, 1.54) is 16.4 Å². The molecule has 4 heteroatoms. The molecule has 2 N–H and O–H groups in total. The van der Waals surface area contributed by atoms with Crippen LogP contribution >= 0.6 is 11.3 Å². The SMILES string of the molecule is Nc1cc(-c2cccc3ccsc23)ncn1. The van der Waals surface area contributed by atoms with Gasteiger partial charge in [0, 0.05) is 16.3 Å². The van der Waals surface area contributed by atoms with Gasteiger partial charge in [0.1, 0.15) is 12.1 Å². The third kappa shape index (κ3) is 1.44. The van der Waals surface area contributed by atoms with Crippen molar-refractivity contribution in [3.8, 4) is 11.3 Å². The third-order valence-electron chi connectivity index (χ3n) is 2.44. The second-order valence-electron chi connectivity index (χ2n) is 3.47. The summed E-state index contributed by atoms with van der Waals surface area (Å²) in [4.78, 5) is 8.16. The van der Waals surface area contributed by atoms with Crippen molar-refractivity contribution in [2.45, 2.75) is 0 Å². The zero-order chi connectivity index (χ0) is 11.0. The number of aromatic nitrogens is 2. The largest absolute Gasteiger partial charge is 0.384 e. The van der Waals surface area contributed by atoms with Crippen LogP contribution in [-0.2, 0) is 0 Å². The Hall–Kier alpha value is -1.94. The zero-order valence-electron chi connectivity index (χ0n) is 8.42. The Morgan fingerprint density at radius 3 is 2.94 bits per heavy atom. The molecule has 0 spiro atoms. The number of fused-ring (bicyclic) bond motifs is 1. The van der Waals surface area contributed by atoms with Gasteiger partial charge >= 0.3 is 0 Å². The van der Waals surface area contributed by atoms with Crippen LogP contribution in [0.2, 0.25) is 0 Å². The van der Waals surface area contributed by atoms with Crippen molar-refractivity contribution in [3.05, 3.63) is 42.0 Å². The first-order chi connectivity index (χ1) is 7.84. The molecule has 0 amide bonds. The number of thiophene rings is 1. The predicted octanol–water partition coefficient (Wildman–Crippen LogP) is 2.94. The van der Waals surface area contributed by atoms with E-state index in [2.05, 4.69) is 33.5 Å². The van der Waals surface area contributed by atoms with Crippen molar-refractivity contribution < 1.29 is 0 Å². The molecule has 0 radical (unpaired) electrons. The number of anilines is 1. The molecule has 0 bridgehead atoms. The van der Waals surface area contributed by atoms with Crippen molar-refractivity contribution in [1.29, 1.82) is 0 Å². The van der Waals surface area contributed by atoms with E-state index in [9.17, 15) is 0 Å². The van der Waals surface area contributed by atoms with Gasteiger partial charge in [-0.3, -0.25) is 0 Å². The summed E-state index contributed by atoms with van der Waals surface area (Å²) < 4.78 is 1.24. The van der Waals surface area contributed by atoms with Crippen LogP contribution in [0.5, 0.6) is 0 Å². The number of nitrogen functional groups attached to an aromatic ring is 1. The lowest BCUT2D eigenvalue weighted by Gasteiger charge is -2.02. The Bertz CT molecular complexity index is 645. The molecule has 0 aliphatic heterocycles. The van der Waals surface area contributed by atoms with Gasteiger partial charge in [-0.05, 0) is 16.8 Å². The molecule has 0 fully saturated rings. The van der Waals surface area contributed by atoms with Crippen molar-refractivity contribution >= 4 is 27.2 Å². The van der Waals surface area contributed by atoms with Crippen molar-refractivity contribution in [2.75, 3.05) is 5.73 Å². The minimum Gasteiger partial charge on any atom is -0.384 e. The quantitative estimate of drug-likeness (QED) is 0.695. The van der Waals surface area contributed by atoms with E-state index in [-0.39, 0.29) is 0 Å². The summed E-state index contributed by atoms with van der Waals surface area (Å²) in [6, 6.07) is 10.1. The van der Waals surface area contributed by atoms with Crippen LogP contribution < -0.4 is 5.73 Å². The van der Waals surface area contributed by atoms with Gasteiger partial charge in [-0.25, -0.2) is 9.97 Å². The Morgan fingerprint density at radius 2 is 2.06 bits per heavy atom. The molecule has 0 unspecified atom stereocenters. The number of nitrogens with zero attached hydrogens (tertiary/aromatic N) is 2. The van der Waals surface area contributed by atoms with Crippen LogP contribution in [-0.4, -0.2) is 9.97 Å². The fourth-order valence-corrected chi connectivity index (χ4v) is 2.64. The van der Waals surface area contributed by atoms with Crippen molar-refractivity contribution in [2.24, 2.45) is 0 Å². The molecule has 3 aromatic rings. The van der Waals surface area contributed by atoms with E-state index in [0.29, 0.717) is 5.82 Å². The smallest absolute Gasteiger partial charge is 0.127 e. The molecular formula is C12H9N3S. The molecule has 0 saturated carbocycles. The number of rotatable bonds is 1. The first kappa shape index (κ1) is 9.30. The number of benzene rings is 1. The monoisotopic (exact) mass is 227 g/mol. The van der Waals surface area contributed by atoms with E-state index in [1.807, 2.05) is 6.07 Å². The highest BCUT2D eigenvalue weighted by molar-refractivity contribution is 7.17. The van der Waals surface area contributed by atoms with E-state index in [1.54, 1.807) is 17.4 Å². The van der Waals surface area contributed by atoms with Gasteiger partial charge in [-0.2, -0.15) is 0 Å². The first-order valence-electron chi connectivity index (χ1n) is 4.89. The molecule has 2 aromatic heterocycles. The van der Waals surface area contributed by atoms with Gasteiger partial charge in [0.15, 0.2) is 0 Å². The second-order valence-corrected chi connectivity index (χ2v) is 4.39. The van der Waals surface area contributed by atoms with Crippen molar-refractivity contribution in [3.63, 3.8) is 0 Å². The van der Waals surface area contributed by atoms with Crippen LogP contribution in [0.15, 0.2) is 42.0 Å². The molecule has 78 valence electrons. The molecule has 16 heavy (non-hydrogen) atoms. The average molecular weight is 227 g/mol. The molecule has 0 aliphatic carbocycles. The average Bonchev–Trinajstić information content (AvgIpc) is 2.76. The van der Waals surface area contributed by atoms with Gasteiger partial charge in [0.25, 0.3) is 0 Å². The summed E-state index contributed by atoms with van der Waals surface area (Å²) >= 11 is 1.71. The first-order valence-corrected chi connectivity index (χ1v) is 5.77. The molecule has 0 saturated heterocycles. The van der Waals surface area contributed by atoms with E-state index >= 15 is 0 Å². The van der Waals surface area contributed by atoms with Crippen molar-refractivity contribution in [1.82, 2.24) is 9.97 Å². The summed E-state index contributed by atoms with van der Waals surface area (Å²) in [5, 5.41) is 3.32. The van der Waals surface area contributed by atoms with E-state index in [4.69, 9.17) is 5.73 Å². The highest BCUT2D eigenvalue weighted by Crippen LogP contribution is 2.31. The van der Waals surface area contributed by atoms with E-state index < -0.39 is 0 Å².